The maximum absolute atomic E-state index is 14.1. The first-order chi connectivity index (χ1) is 18.8. The number of cyclic esters (lactones) is 1. The molecule has 0 saturated heterocycles. The van der Waals surface area contributed by atoms with Gasteiger partial charge in [0.15, 0.2) is 8.32 Å². The van der Waals surface area contributed by atoms with E-state index in [1.54, 1.807) is 11.3 Å². The number of allylic oxidation sites excluding steroid dienone is 2. The molecule has 1 aromatic rings. The molecule has 230 valence electrons. The molecule has 0 bridgehead atoms. The van der Waals surface area contributed by atoms with Gasteiger partial charge in [0.2, 0.25) is 0 Å². The molecule has 41 heavy (non-hydrogen) atoms. The summed E-state index contributed by atoms with van der Waals surface area (Å²) in [4.78, 5) is 32.0. The van der Waals surface area contributed by atoms with Crippen molar-refractivity contribution in [1.29, 1.82) is 0 Å². The van der Waals surface area contributed by atoms with Crippen molar-refractivity contribution >= 4 is 37.5 Å². The highest BCUT2D eigenvalue weighted by Crippen LogP contribution is 2.41. The van der Waals surface area contributed by atoms with E-state index >= 15 is 0 Å². The average molecular weight is 602 g/mol. The molecule has 0 spiro atoms. The summed E-state index contributed by atoms with van der Waals surface area (Å²) in [6, 6.07) is 0. The Kier molecular flexibility index (Phi) is 12.2. The summed E-state index contributed by atoms with van der Waals surface area (Å²) >= 11 is 1.60. The van der Waals surface area contributed by atoms with Crippen LogP contribution in [0.4, 0.5) is 0 Å². The number of thiazole rings is 1. The van der Waals surface area contributed by atoms with E-state index in [-0.39, 0.29) is 53.2 Å². The Balaban J connectivity index is 2.48. The molecule has 0 aliphatic carbocycles. The lowest BCUT2D eigenvalue weighted by molar-refractivity contribution is -0.150. The summed E-state index contributed by atoms with van der Waals surface area (Å²) in [5, 5.41) is 3.05. The zero-order chi connectivity index (χ0) is 31.3. The Morgan fingerprint density at radius 2 is 1.80 bits per heavy atom. The molecule has 1 aliphatic rings. The van der Waals surface area contributed by atoms with Gasteiger partial charge in [-0.3, -0.25) is 9.59 Å². The zero-order valence-electron chi connectivity index (χ0n) is 27.9. The third kappa shape index (κ3) is 9.59. The highest BCUT2D eigenvalue weighted by molar-refractivity contribution is 7.09. The van der Waals surface area contributed by atoms with Crippen LogP contribution in [0.2, 0.25) is 18.1 Å². The number of aromatic nitrogens is 1. The molecule has 0 N–H and O–H groups in total. The second kappa shape index (κ2) is 14.1. The smallest absolute Gasteiger partial charge is 0.306 e. The van der Waals surface area contributed by atoms with Crippen LogP contribution in [0.3, 0.4) is 0 Å². The number of Topliss-reactive ketones (excluding diaryl/α,β-unsaturated/α-hetero) is 1. The highest BCUT2D eigenvalue weighted by atomic mass is 32.1. The van der Waals surface area contributed by atoms with E-state index in [2.05, 4.69) is 70.9 Å². The fourth-order valence-electron chi connectivity index (χ4n) is 4.94. The lowest BCUT2D eigenvalue weighted by atomic mass is 9.69. The number of esters is 1. The molecular weight excluding hydrogens is 547 g/mol. The first-order valence-corrected chi connectivity index (χ1v) is 18.9. The highest BCUT2D eigenvalue weighted by Gasteiger charge is 2.45. The standard InChI is InChI=1S/C34H55NO4SSi/c1-22-15-14-16-23(2)31(39-41(12,13)33(7,8)9)26(5)32(37)34(10,11)25(4)20-30(36)38-29(18-17-22)24(3)19-28-21-40-27(6)35-28/h14,16-17,19,21,23,25-26,29,31H,15,18,20H2,1-13H3/b16-14+,22-17-,24-19+/t23-,25-,26?,29?,31-/m0/s1. The van der Waals surface area contributed by atoms with Gasteiger partial charge >= 0.3 is 5.97 Å². The van der Waals surface area contributed by atoms with Gasteiger partial charge in [0, 0.05) is 29.6 Å². The summed E-state index contributed by atoms with van der Waals surface area (Å²) in [7, 11) is -2.14. The SMILES string of the molecule is C/C1=C/CC(/C(C)=C/c2csc(C)n2)OC(=O)C[C@H](C)C(C)(C)C(=O)C(C)[C@@H](O[Si](C)(C)C(C)(C)C)[C@@H](C)/C=C/C1. The number of rotatable bonds is 4. The molecule has 1 aliphatic heterocycles. The average Bonchev–Trinajstić information content (AvgIpc) is 3.26. The first-order valence-electron chi connectivity index (χ1n) is 15.1. The molecule has 2 rings (SSSR count). The molecule has 5 atom stereocenters. The number of carbonyl (C=O) groups excluding carboxylic acids is 2. The van der Waals surface area contributed by atoms with E-state index < -0.39 is 13.7 Å². The van der Waals surface area contributed by atoms with Crippen LogP contribution in [0.15, 0.2) is 34.8 Å². The third-order valence-electron chi connectivity index (χ3n) is 9.36. The molecule has 1 aromatic heterocycles. The van der Waals surface area contributed by atoms with Crippen molar-refractivity contribution in [2.75, 3.05) is 0 Å². The fraction of sp³-hybridized carbons (Fsp3) is 0.676. The predicted molar refractivity (Wildman–Crippen MR) is 175 cm³/mol. The van der Waals surface area contributed by atoms with Gasteiger partial charge < -0.3 is 9.16 Å². The number of ether oxygens (including phenoxy) is 1. The van der Waals surface area contributed by atoms with Crippen molar-refractivity contribution in [3.05, 3.63) is 45.5 Å². The first kappa shape index (κ1) is 35.4. The third-order valence-corrected chi connectivity index (χ3v) is 14.6. The molecular formula is C34H55NO4SSi. The summed E-state index contributed by atoms with van der Waals surface area (Å²) < 4.78 is 13.0. The topological polar surface area (TPSA) is 65.5 Å². The molecule has 2 heterocycles. The maximum atomic E-state index is 14.1. The van der Waals surface area contributed by atoms with Gasteiger partial charge in [-0.05, 0) is 68.8 Å². The second-order valence-corrected chi connectivity index (χ2v) is 20.1. The van der Waals surface area contributed by atoms with Gasteiger partial charge in [0.25, 0.3) is 0 Å². The molecule has 2 unspecified atom stereocenters. The molecule has 0 amide bonds. The Bertz CT molecular complexity index is 1150. The van der Waals surface area contributed by atoms with Crippen LogP contribution in [0.25, 0.3) is 6.08 Å². The number of hydrogen-bond donors (Lipinski definition) is 0. The van der Waals surface area contributed by atoms with E-state index in [0.29, 0.717) is 6.42 Å². The van der Waals surface area contributed by atoms with Crippen LogP contribution in [0.5, 0.6) is 0 Å². The van der Waals surface area contributed by atoms with Gasteiger partial charge in [-0.1, -0.05) is 79.2 Å². The molecule has 7 heteroatoms. The number of hydrogen-bond acceptors (Lipinski definition) is 6. The van der Waals surface area contributed by atoms with Gasteiger partial charge in [0.1, 0.15) is 11.9 Å². The van der Waals surface area contributed by atoms with Crippen molar-refractivity contribution in [2.24, 2.45) is 23.2 Å². The largest absolute Gasteiger partial charge is 0.457 e. The summed E-state index contributed by atoms with van der Waals surface area (Å²) in [5.74, 6) is -0.587. The number of aryl methyl sites for hydroxylation is 1. The predicted octanol–water partition coefficient (Wildman–Crippen LogP) is 9.35. The minimum Gasteiger partial charge on any atom is -0.457 e. The van der Waals surface area contributed by atoms with Gasteiger partial charge in [0.05, 0.1) is 16.8 Å². The van der Waals surface area contributed by atoms with Crippen LogP contribution in [-0.4, -0.2) is 37.3 Å². The maximum Gasteiger partial charge on any atom is 0.306 e. The minimum atomic E-state index is -2.14. The quantitative estimate of drug-likeness (QED) is 0.195. The number of nitrogens with zero attached hydrogens (tertiary/aromatic N) is 1. The Morgan fingerprint density at radius 1 is 1.17 bits per heavy atom. The van der Waals surface area contributed by atoms with Gasteiger partial charge in [-0.15, -0.1) is 11.3 Å². The number of carbonyl (C=O) groups is 2. The van der Waals surface area contributed by atoms with E-state index in [4.69, 9.17) is 9.16 Å². The van der Waals surface area contributed by atoms with Crippen molar-refractivity contribution in [3.8, 4) is 0 Å². The molecule has 0 fully saturated rings. The second-order valence-electron chi connectivity index (χ2n) is 14.3. The molecule has 5 nitrogen and oxygen atoms in total. The fourth-order valence-corrected chi connectivity index (χ4v) is 6.96. The monoisotopic (exact) mass is 601 g/mol. The van der Waals surface area contributed by atoms with Crippen molar-refractivity contribution < 1.29 is 18.8 Å². The summed E-state index contributed by atoms with van der Waals surface area (Å²) in [6.45, 7) is 27.4. The van der Waals surface area contributed by atoms with Crippen molar-refractivity contribution in [2.45, 2.75) is 126 Å². The lowest BCUT2D eigenvalue weighted by Gasteiger charge is -2.43. The summed E-state index contributed by atoms with van der Waals surface area (Å²) in [5.41, 5.74) is 2.33. The lowest BCUT2D eigenvalue weighted by Crippen LogP contribution is -2.50. The van der Waals surface area contributed by atoms with Crippen LogP contribution < -0.4 is 0 Å². The van der Waals surface area contributed by atoms with Crippen LogP contribution in [0.1, 0.15) is 99.2 Å². The van der Waals surface area contributed by atoms with E-state index in [1.807, 2.05) is 53.0 Å². The molecule has 0 radical (unpaired) electrons. The zero-order valence-corrected chi connectivity index (χ0v) is 29.7. The van der Waals surface area contributed by atoms with Crippen LogP contribution in [-0.2, 0) is 18.8 Å². The van der Waals surface area contributed by atoms with Gasteiger partial charge in [-0.25, -0.2) is 4.98 Å². The van der Waals surface area contributed by atoms with Gasteiger partial charge in [-0.2, -0.15) is 0 Å². The molecule has 0 saturated carbocycles. The Morgan fingerprint density at radius 3 is 2.37 bits per heavy atom. The van der Waals surface area contributed by atoms with E-state index in [1.165, 1.54) is 5.57 Å². The Hall–Kier alpha value is -1.83. The molecule has 0 aromatic carbocycles. The minimum absolute atomic E-state index is 0.0295. The number of ketones is 1. The normalized spacial score (nSPS) is 29.9. The van der Waals surface area contributed by atoms with Crippen molar-refractivity contribution in [3.63, 3.8) is 0 Å². The van der Waals surface area contributed by atoms with Crippen molar-refractivity contribution in [1.82, 2.24) is 4.98 Å². The van der Waals surface area contributed by atoms with E-state index in [0.717, 1.165) is 22.7 Å². The Labute approximate surface area is 255 Å². The van der Waals surface area contributed by atoms with Crippen LogP contribution >= 0.6 is 11.3 Å². The summed E-state index contributed by atoms with van der Waals surface area (Å²) in [6.07, 6.45) is 9.53. The van der Waals surface area contributed by atoms with E-state index in [9.17, 15) is 9.59 Å². The van der Waals surface area contributed by atoms with Crippen LogP contribution in [0, 0.1) is 30.1 Å².